The zero-order valence-electron chi connectivity index (χ0n) is 23.0. The number of nitrogens with zero attached hydrogens (tertiary/aromatic N) is 6. The first-order valence-electron chi connectivity index (χ1n) is 14.4. The first kappa shape index (κ1) is 25.6. The third-order valence-corrected chi connectivity index (χ3v) is 8.25. The topological polar surface area (TPSA) is 99.6 Å². The second-order valence-corrected chi connectivity index (χ2v) is 11.0. The lowest BCUT2D eigenvalue weighted by atomic mass is 9.97. The van der Waals surface area contributed by atoms with E-state index in [9.17, 15) is 4.79 Å². The summed E-state index contributed by atoms with van der Waals surface area (Å²) in [7, 11) is 0. The number of aliphatic imine (C=N–C) groups is 1. The van der Waals surface area contributed by atoms with Gasteiger partial charge in [0, 0.05) is 62.7 Å². The molecule has 7 rings (SSSR count). The van der Waals surface area contributed by atoms with Gasteiger partial charge in [-0.1, -0.05) is 30.3 Å². The minimum absolute atomic E-state index is 0.292. The van der Waals surface area contributed by atoms with Crippen LogP contribution in [0, 0.1) is 5.92 Å². The quantitative estimate of drug-likeness (QED) is 0.350. The molecule has 0 bridgehead atoms. The van der Waals surface area contributed by atoms with E-state index in [4.69, 9.17) is 4.74 Å². The fourth-order valence-corrected chi connectivity index (χ4v) is 6.07. The third kappa shape index (κ3) is 5.50. The molecule has 41 heavy (non-hydrogen) atoms. The Kier molecular flexibility index (Phi) is 7.02. The first-order valence-corrected chi connectivity index (χ1v) is 14.4. The summed E-state index contributed by atoms with van der Waals surface area (Å²) in [6.45, 7) is 5.65. The summed E-state index contributed by atoms with van der Waals surface area (Å²) in [5.41, 5.74) is 7.28. The number of ether oxygens (including phenoxy) is 1. The van der Waals surface area contributed by atoms with Crippen molar-refractivity contribution in [1.29, 1.82) is 0 Å². The largest absolute Gasteiger partial charge is 0.378 e. The number of aromatic amines is 1. The number of hydrogen-bond acceptors (Lipinski definition) is 8. The average Bonchev–Trinajstić information content (AvgIpc) is 3.79. The Hall–Kier alpha value is -4.37. The van der Waals surface area contributed by atoms with Crippen molar-refractivity contribution < 1.29 is 9.53 Å². The first-order chi connectivity index (χ1) is 20.2. The molecular formula is C32H33N7O2. The number of carbonyl (C=O) groups is 1. The Morgan fingerprint density at radius 2 is 1.88 bits per heavy atom. The lowest BCUT2D eigenvalue weighted by Gasteiger charge is -2.27. The molecule has 4 aromatic rings. The van der Waals surface area contributed by atoms with Gasteiger partial charge in [-0.25, -0.2) is 9.97 Å². The van der Waals surface area contributed by atoms with Crippen LogP contribution in [0.5, 0.6) is 0 Å². The van der Waals surface area contributed by atoms with E-state index in [1.54, 1.807) is 6.33 Å². The van der Waals surface area contributed by atoms with E-state index in [2.05, 4.69) is 77.2 Å². The molecular weight excluding hydrogens is 514 g/mol. The maximum Gasteiger partial charge on any atom is 0.143 e. The molecule has 3 aliphatic heterocycles. The minimum atomic E-state index is 0.292. The van der Waals surface area contributed by atoms with Crippen LogP contribution in [0.25, 0.3) is 27.9 Å². The summed E-state index contributed by atoms with van der Waals surface area (Å²) in [4.78, 5) is 38.8. The molecule has 2 fully saturated rings. The molecule has 1 N–H and O–H groups in total. The Bertz CT molecular complexity index is 1620. The van der Waals surface area contributed by atoms with Gasteiger partial charge in [0.25, 0.3) is 0 Å². The summed E-state index contributed by atoms with van der Waals surface area (Å²) in [6.07, 6.45) is 11.5. The predicted molar refractivity (Wildman–Crippen MR) is 162 cm³/mol. The number of nitrogens with one attached hydrogen (secondary N) is 1. The molecule has 2 saturated heterocycles. The van der Waals surface area contributed by atoms with Crippen LogP contribution in [0.4, 0.5) is 11.5 Å². The van der Waals surface area contributed by atoms with Gasteiger partial charge in [0.05, 0.1) is 37.0 Å². The molecule has 1 aromatic carbocycles. The van der Waals surface area contributed by atoms with Crippen LogP contribution < -0.4 is 9.80 Å². The fraction of sp³-hybridized carbons (Fsp3) is 0.344. The highest BCUT2D eigenvalue weighted by atomic mass is 16.5. The second-order valence-electron chi connectivity index (χ2n) is 11.0. The van der Waals surface area contributed by atoms with E-state index in [1.165, 1.54) is 0 Å². The number of morpholine rings is 1. The Morgan fingerprint density at radius 3 is 2.71 bits per heavy atom. The van der Waals surface area contributed by atoms with E-state index in [1.807, 2.05) is 18.6 Å². The van der Waals surface area contributed by atoms with Gasteiger partial charge in [-0.3, -0.25) is 14.8 Å². The molecule has 3 aliphatic rings. The van der Waals surface area contributed by atoms with Gasteiger partial charge in [0.15, 0.2) is 0 Å². The summed E-state index contributed by atoms with van der Waals surface area (Å²) in [5, 5.41) is 1.02. The number of allylic oxidation sites excluding steroid dienone is 1. The van der Waals surface area contributed by atoms with Crippen LogP contribution >= 0.6 is 0 Å². The monoisotopic (exact) mass is 547 g/mol. The highest BCUT2D eigenvalue weighted by Crippen LogP contribution is 2.30. The van der Waals surface area contributed by atoms with Gasteiger partial charge >= 0.3 is 0 Å². The van der Waals surface area contributed by atoms with Crippen molar-refractivity contribution in [3.8, 4) is 11.3 Å². The smallest absolute Gasteiger partial charge is 0.143 e. The van der Waals surface area contributed by atoms with Crippen molar-refractivity contribution in [1.82, 2.24) is 19.9 Å². The number of ketones is 1. The summed E-state index contributed by atoms with van der Waals surface area (Å²) in [6, 6.07) is 12.6. The number of pyridine rings is 1. The van der Waals surface area contributed by atoms with E-state index in [0.29, 0.717) is 37.8 Å². The Balaban J connectivity index is 0.968. The van der Waals surface area contributed by atoms with Crippen molar-refractivity contribution in [2.24, 2.45) is 10.9 Å². The van der Waals surface area contributed by atoms with Crippen molar-refractivity contribution >= 4 is 40.1 Å². The van der Waals surface area contributed by atoms with E-state index in [0.717, 1.165) is 89.6 Å². The van der Waals surface area contributed by atoms with Crippen LogP contribution in [0.15, 0.2) is 66.2 Å². The van der Waals surface area contributed by atoms with Crippen molar-refractivity contribution in [2.75, 3.05) is 55.7 Å². The Labute approximate surface area is 239 Å². The van der Waals surface area contributed by atoms with Crippen LogP contribution in [-0.4, -0.2) is 77.9 Å². The lowest BCUT2D eigenvalue weighted by molar-refractivity contribution is -0.119. The lowest BCUT2D eigenvalue weighted by Crippen LogP contribution is -2.36. The van der Waals surface area contributed by atoms with Crippen molar-refractivity contribution in [2.45, 2.75) is 19.3 Å². The molecule has 9 nitrogen and oxygen atoms in total. The van der Waals surface area contributed by atoms with E-state index < -0.39 is 0 Å². The minimum Gasteiger partial charge on any atom is -0.378 e. The maximum atomic E-state index is 13.0. The highest BCUT2D eigenvalue weighted by Gasteiger charge is 2.25. The number of aromatic nitrogens is 4. The van der Waals surface area contributed by atoms with Crippen LogP contribution in [0.3, 0.4) is 0 Å². The molecule has 0 amide bonds. The van der Waals surface area contributed by atoms with Gasteiger partial charge in [-0.15, -0.1) is 0 Å². The number of fused-ring (bicyclic) bond motifs is 1. The van der Waals surface area contributed by atoms with Gasteiger partial charge in [-0.2, -0.15) is 0 Å². The zero-order valence-corrected chi connectivity index (χ0v) is 23.0. The zero-order chi connectivity index (χ0) is 27.6. The van der Waals surface area contributed by atoms with E-state index >= 15 is 0 Å². The highest BCUT2D eigenvalue weighted by molar-refractivity contribution is 6.11. The molecule has 0 aliphatic carbocycles. The standard InChI is InChI=1S/C32H33N7O2/c40-28(14-23-6-8-39(20-23)27-15-26(18-34-19-27)25-5-7-33-17-25)13-22-1-3-24(4-2-22)30-16-29-31(37-30)35-21-36-32(29)38-9-11-41-12-10-38/h1-5,15-19,21,23H,6-14,20H2,(H,35,36,37)/t23-/m1/s1. The van der Waals surface area contributed by atoms with Crippen LogP contribution in [-0.2, 0) is 16.0 Å². The summed E-state index contributed by atoms with van der Waals surface area (Å²) in [5.74, 6) is 1.60. The predicted octanol–water partition coefficient (Wildman–Crippen LogP) is 4.35. The van der Waals surface area contributed by atoms with E-state index in [-0.39, 0.29) is 0 Å². The molecule has 6 heterocycles. The van der Waals surface area contributed by atoms with Gasteiger partial charge in [0.2, 0.25) is 0 Å². The number of hydrogen-bond donors (Lipinski definition) is 1. The molecule has 9 heteroatoms. The summed E-state index contributed by atoms with van der Waals surface area (Å²) >= 11 is 0. The van der Waals surface area contributed by atoms with Gasteiger partial charge in [0.1, 0.15) is 23.6 Å². The average molecular weight is 548 g/mol. The van der Waals surface area contributed by atoms with Crippen LogP contribution in [0.2, 0.25) is 0 Å². The fourth-order valence-electron chi connectivity index (χ4n) is 6.07. The molecule has 0 saturated carbocycles. The van der Waals surface area contributed by atoms with Crippen molar-refractivity contribution in [3.63, 3.8) is 0 Å². The number of H-pyrrole nitrogens is 1. The van der Waals surface area contributed by atoms with Crippen molar-refractivity contribution in [3.05, 3.63) is 72.3 Å². The number of benzene rings is 1. The molecule has 208 valence electrons. The number of rotatable bonds is 8. The molecule has 3 aromatic heterocycles. The molecule has 1 atom stereocenters. The molecule has 0 spiro atoms. The third-order valence-electron chi connectivity index (χ3n) is 8.25. The normalized spacial score (nSPS) is 18.8. The second kappa shape index (κ2) is 11.2. The molecule has 0 radical (unpaired) electrons. The Morgan fingerprint density at radius 1 is 1.00 bits per heavy atom. The number of Topliss-reactive ketones (excluding diaryl/α,β-unsaturated/α-hetero) is 1. The van der Waals surface area contributed by atoms with Gasteiger partial charge < -0.3 is 19.5 Å². The number of carbonyl (C=O) groups excluding carboxylic acids is 1. The SMILES string of the molecule is O=C(Cc1ccc(-c2cc3c(N4CCOCC4)ncnc3[nH]2)cc1)C[C@H]1CCN(c2cncc(C3=CCN=C3)c2)C1. The molecule has 0 unspecified atom stereocenters. The number of anilines is 2. The van der Waals surface area contributed by atoms with Crippen LogP contribution in [0.1, 0.15) is 24.0 Å². The maximum absolute atomic E-state index is 13.0. The summed E-state index contributed by atoms with van der Waals surface area (Å²) < 4.78 is 5.50. The van der Waals surface area contributed by atoms with Gasteiger partial charge in [-0.05, 0) is 41.2 Å².